The molecule has 0 aliphatic heterocycles. The molecule has 8 heteroatoms. The molecule has 0 saturated heterocycles. The van der Waals surface area contributed by atoms with Crippen LogP contribution in [0.4, 0.5) is 11.4 Å². The lowest BCUT2D eigenvalue weighted by atomic mass is 10.2. The van der Waals surface area contributed by atoms with Gasteiger partial charge in [0.15, 0.2) is 0 Å². The van der Waals surface area contributed by atoms with Crippen LogP contribution in [-0.2, 0) is 11.3 Å². The summed E-state index contributed by atoms with van der Waals surface area (Å²) in [5, 5.41) is 9.65. The van der Waals surface area contributed by atoms with Gasteiger partial charge in [0.1, 0.15) is 5.69 Å². The van der Waals surface area contributed by atoms with Crippen LogP contribution < -0.4 is 16.2 Å². The third-order valence-electron chi connectivity index (χ3n) is 4.37. The number of hydrogen-bond acceptors (Lipinski definition) is 4. The zero-order chi connectivity index (χ0) is 21.7. The van der Waals surface area contributed by atoms with Crippen LogP contribution in [0, 0.1) is 13.8 Å². The third kappa shape index (κ3) is 5.64. The van der Waals surface area contributed by atoms with Gasteiger partial charge >= 0.3 is 0 Å². The van der Waals surface area contributed by atoms with Gasteiger partial charge in [0, 0.05) is 28.3 Å². The standard InChI is InChI=1S/C22H21BrN4O3/c1-14-4-3-5-16(12-14)25-22(30)19-8-9-21(29)27(26-19)11-10-20(28)24-17-6-7-18(23)15(2)13-17/h3-9,12-13H,10-11H2,1-2H3,(H,24,28)(H,25,30). The molecule has 3 rings (SSSR count). The van der Waals surface area contributed by atoms with Crippen LogP contribution in [0.5, 0.6) is 0 Å². The summed E-state index contributed by atoms with van der Waals surface area (Å²) in [6, 6.07) is 15.5. The van der Waals surface area contributed by atoms with Gasteiger partial charge in [-0.25, -0.2) is 4.68 Å². The Hall–Kier alpha value is -3.26. The Labute approximate surface area is 182 Å². The monoisotopic (exact) mass is 468 g/mol. The molecule has 0 radical (unpaired) electrons. The Bertz CT molecular complexity index is 1160. The second kappa shape index (κ2) is 9.49. The summed E-state index contributed by atoms with van der Waals surface area (Å²) in [5.74, 6) is -0.677. The van der Waals surface area contributed by atoms with Crippen molar-refractivity contribution in [3.63, 3.8) is 0 Å². The highest BCUT2D eigenvalue weighted by Gasteiger charge is 2.11. The van der Waals surface area contributed by atoms with E-state index in [1.807, 2.05) is 44.2 Å². The molecule has 1 aromatic heterocycles. The summed E-state index contributed by atoms with van der Waals surface area (Å²) in [6.07, 6.45) is 0.0466. The second-order valence-electron chi connectivity index (χ2n) is 6.87. The van der Waals surface area contributed by atoms with Crippen molar-refractivity contribution in [3.05, 3.63) is 86.2 Å². The van der Waals surface area contributed by atoms with E-state index in [-0.39, 0.29) is 30.1 Å². The molecule has 2 amide bonds. The number of carbonyl (C=O) groups is 2. The lowest BCUT2D eigenvalue weighted by Gasteiger charge is -2.09. The molecule has 0 aliphatic rings. The number of aromatic nitrogens is 2. The van der Waals surface area contributed by atoms with Crippen LogP contribution in [0.15, 0.2) is 63.9 Å². The quantitative estimate of drug-likeness (QED) is 0.573. The van der Waals surface area contributed by atoms with E-state index in [4.69, 9.17) is 0 Å². The van der Waals surface area contributed by atoms with Crippen molar-refractivity contribution in [1.82, 2.24) is 9.78 Å². The molecule has 0 spiro atoms. The number of hydrogen-bond donors (Lipinski definition) is 2. The largest absolute Gasteiger partial charge is 0.326 e. The number of nitrogens with one attached hydrogen (secondary N) is 2. The Balaban J connectivity index is 1.64. The van der Waals surface area contributed by atoms with Crippen LogP contribution in [0.3, 0.4) is 0 Å². The van der Waals surface area contributed by atoms with Crippen molar-refractivity contribution < 1.29 is 9.59 Å². The SMILES string of the molecule is Cc1cccc(NC(=O)c2ccc(=O)n(CCC(=O)Nc3ccc(Br)c(C)c3)n2)c1. The summed E-state index contributed by atoms with van der Waals surface area (Å²) >= 11 is 3.42. The average molecular weight is 469 g/mol. The molecule has 154 valence electrons. The zero-order valence-corrected chi connectivity index (χ0v) is 18.2. The van der Waals surface area contributed by atoms with Gasteiger partial charge < -0.3 is 10.6 Å². The van der Waals surface area contributed by atoms with Gasteiger partial charge in [-0.1, -0.05) is 28.1 Å². The molecule has 1 heterocycles. The number of rotatable bonds is 6. The predicted molar refractivity (Wildman–Crippen MR) is 120 cm³/mol. The molecule has 3 aromatic rings. The molecule has 7 nitrogen and oxygen atoms in total. The van der Waals surface area contributed by atoms with Gasteiger partial charge in [-0.2, -0.15) is 5.10 Å². The normalized spacial score (nSPS) is 10.5. The first-order valence-electron chi connectivity index (χ1n) is 9.34. The molecule has 2 N–H and O–H groups in total. The lowest BCUT2D eigenvalue weighted by Crippen LogP contribution is -2.28. The van der Waals surface area contributed by atoms with Crippen LogP contribution >= 0.6 is 15.9 Å². The maximum atomic E-state index is 12.5. The fraction of sp³-hybridized carbons (Fsp3) is 0.182. The highest BCUT2D eigenvalue weighted by Crippen LogP contribution is 2.20. The number of amides is 2. The van der Waals surface area contributed by atoms with E-state index in [0.29, 0.717) is 11.4 Å². The first-order chi connectivity index (χ1) is 14.3. The Morgan fingerprint density at radius 1 is 1.00 bits per heavy atom. The molecular weight excluding hydrogens is 448 g/mol. The van der Waals surface area contributed by atoms with Crippen LogP contribution in [0.1, 0.15) is 28.0 Å². The van der Waals surface area contributed by atoms with Crippen LogP contribution in [0.25, 0.3) is 0 Å². The van der Waals surface area contributed by atoms with Crippen molar-refractivity contribution >= 4 is 39.1 Å². The smallest absolute Gasteiger partial charge is 0.276 e. The highest BCUT2D eigenvalue weighted by atomic mass is 79.9. The number of carbonyl (C=O) groups excluding carboxylic acids is 2. The van der Waals surface area contributed by atoms with Crippen molar-refractivity contribution in [2.24, 2.45) is 0 Å². The summed E-state index contributed by atoms with van der Waals surface area (Å²) < 4.78 is 2.08. The van der Waals surface area contributed by atoms with E-state index in [2.05, 4.69) is 31.7 Å². The maximum Gasteiger partial charge on any atom is 0.276 e. The molecule has 0 saturated carbocycles. The number of aryl methyl sites for hydroxylation is 3. The molecule has 30 heavy (non-hydrogen) atoms. The van der Waals surface area contributed by atoms with Gasteiger partial charge in [0.2, 0.25) is 5.91 Å². The lowest BCUT2D eigenvalue weighted by molar-refractivity contribution is -0.116. The number of halogens is 1. The van der Waals surface area contributed by atoms with E-state index >= 15 is 0 Å². The third-order valence-corrected chi connectivity index (χ3v) is 5.26. The number of anilines is 2. The molecule has 0 unspecified atom stereocenters. The molecule has 0 aliphatic carbocycles. The van der Waals surface area contributed by atoms with Crippen molar-refractivity contribution in [1.29, 1.82) is 0 Å². The minimum Gasteiger partial charge on any atom is -0.326 e. The number of benzene rings is 2. The molecular formula is C22H21BrN4O3. The maximum absolute atomic E-state index is 12.5. The van der Waals surface area contributed by atoms with Crippen molar-refractivity contribution in [2.45, 2.75) is 26.8 Å². The summed E-state index contributed by atoms with van der Waals surface area (Å²) in [4.78, 5) is 36.8. The average Bonchev–Trinajstić information content (AvgIpc) is 2.70. The molecule has 0 bridgehead atoms. The van der Waals surface area contributed by atoms with Gasteiger partial charge in [-0.15, -0.1) is 0 Å². The van der Waals surface area contributed by atoms with E-state index in [1.54, 1.807) is 12.1 Å². The van der Waals surface area contributed by atoms with Crippen molar-refractivity contribution in [3.8, 4) is 0 Å². The zero-order valence-electron chi connectivity index (χ0n) is 16.6. The topological polar surface area (TPSA) is 93.1 Å². The van der Waals surface area contributed by atoms with Crippen LogP contribution in [-0.4, -0.2) is 21.6 Å². The van der Waals surface area contributed by atoms with Crippen molar-refractivity contribution in [2.75, 3.05) is 10.6 Å². The summed E-state index contributed by atoms with van der Waals surface area (Å²) in [6.45, 7) is 3.91. The molecule has 2 aromatic carbocycles. The minimum absolute atomic E-state index is 0.0466. The van der Waals surface area contributed by atoms with Crippen LogP contribution in [0.2, 0.25) is 0 Å². The summed E-state index contributed by atoms with van der Waals surface area (Å²) in [7, 11) is 0. The fourth-order valence-corrected chi connectivity index (χ4v) is 3.05. The first-order valence-corrected chi connectivity index (χ1v) is 10.1. The Kier molecular flexibility index (Phi) is 6.79. The molecule has 0 atom stereocenters. The van der Waals surface area contributed by atoms with E-state index < -0.39 is 5.91 Å². The van der Waals surface area contributed by atoms with E-state index in [0.717, 1.165) is 20.3 Å². The summed E-state index contributed by atoms with van der Waals surface area (Å²) in [5.41, 5.74) is 3.04. The Morgan fingerprint density at radius 2 is 1.77 bits per heavy atom. The molecule has 0 fully saturated rings. The van der Waals surface area contributed by atoms with Gasteiger partial charge in [0.05, 0.1) is 6.54 Å². The highest BCUT2D eigenvalue weighted by molar-refractivity contribution is 9.10. The predicted octanol–water partition coefficient (Wildman–Crippen LogP) is 3.90. The Morgan fingerprint density at radius 3 is 2.50 bits per heavy atom. The van der Waals surface area contributed by atoms with E-state index in [9.17, 15) is 14.4 Å². The second-order valence-corrected chi connectivity index (χ2v) is 7.72. The van der Waals surface area contributed by atoms with Gasteiger partial charge in [0.25, 0.3) is 11.5 Å². The van der Waals surface area contributed by atoms with Gasteiger partial charge in [-0.3, -0.25) is 14.4 Å². The number of nitrogens with zero attached hydrogens (tertiary/aromatic N) is 2. The fourth-order valence-electron chi connectivity index (χ4n) is 2.80. The minimum atomic E-state index is -0.427. The van der Waals surface area contributed by atoms with E-state index in [1.165, 1.54) is 12.1 Å². The first kappa shape index (κ1) is 21.4. The van der Waals surface area contributed by atoms with Gasteiger partial charge in [-0.05, 0) is 61.4 Å².